The van der Waals surface area contributed by atoms with Crippen LogP contribution in [-0.4, -0.2) is 4.92 Å². The van der Waals surface area contributed by atoms with Gasteiger partial charge in [-0.2, -0.15) is 0 Å². The lowest BCUT2D eigenvalue weighted by Gasteiger charge is -2.15. The Morgan fingerprint density at radius 2 is 1.67 bits per heavy atom. The quantitative estimate of drug-likeness (QED) is 0.656. The van der Waals surface area contributed by atoms with E-state index in [1.54, 1.807) is 18.2 Å². The van der Waals surface area contributed by atoms with Gasteiger partial charge in [0.1, 0.15) is 5.69 Å². The molecule has 0 saturated heterocycles. The Balaban J connectivity index is 2.22. The van der Waals surface area contributed by atoms with Crippen LogP contribution in [0.5, 0.6) is 0 Å². The number of para-hydroxylation sites is 2. The minimum atomic E-state index is -0.375. The van der Waals surface area contributed by atoms with Crippen LogP contribution >= 0.6 is 0 Å². The molecule has 1 unspecified atom stereocenters. The predicted octanol–water partition coefficient (Wildman–Crippen LogP) is 3.77. The highest BCUT2D eigenvalue weighted by molar-refractivity contribution is 5.61. The third-order valence-electron chi connectivity index (χ3n) is 2.77. The van der Waals surface area contributed by atoms with Crippen LogP contribution in [-0.2, 0) is 0 Å². The van der Waals surface area contributed by atoms with E-state index in [4.69, 9.17) is 0 Å². The average Bonchev–Trinajstić information content (AvgIpc) is 2.40. The average molecular weight is 242 g/mol. The van der Waals surface area contributed by atoms with Crippen LogP contribution in [0.25, 0.3) is 0 Å². The summed E-state index contributed by atoms with van der Waals surface area (Å²) in [7, 11) is 0. The van der Waals surface area contributed by atoms with Gasteiger partial charge in [0.15, 0.2) is 0 Å². The van der Waals surface area contributed by atoms with Gasteiger partial charge in [0, 0.05) is 12.1 Å². The molecular formula is C14H14N2O2. The summed E-state index contributed by atoms with van der Waals surface area (Å²) in [6.45, 7) is 1.98. The Bertz CT molecular complexity index is 541. The van der Waals surface area contributed by atoms with Crippen molar-refractivity contribution >= 4 is 11.4 Å². The molecule has 4 nitrogen and oxygen atoms in total. The van der Waals surface area contributed by atoms with E-state index in [2.05, 4.69) is 5.32 Å². The fraction of sp³-hybridized carbons (Fsp3) is 0.143. The van der Waals surface area contributed by atoms with E-state index in [1.165, 1.54) is 6.07 Å². The Hall–Kier alpha value is -2.36. The monoisotopic (exact) mass is 242 g/mol. The standard InChI is InChI=1S/C14H14N2O2/c1-11(12-7-3-2-4-8-12)15-13-9-5-6-10-14(13)16(17)18/h2-11,15H,1H3. The summed E-state index contributed by atoms with van der Waals surface area (Å²) in [5, 5.41) is 14.1. The van der Waals surface area contributed by atoms with Gasteiger partial charge < -0.3 is 5.32 Å². The summed E-state index contributed by atoms with van der Waals surface area (Å²) in [4.78, 5) is 10.5. The molecule has 2 aromatic rings. The zero-order chi connectivity index (χ0) is 13.0. The molecule has 0 heterocycles. The van der Waals surface area contributed by atoms with Gasteiger partial charge in [-0.15, -0.1) is 0 Å². The molecule has 0 saturated carbocycles. The van der Waals surface area contributed by atoms with Crippen LogP contribution in [0, 0.1) is 10.1 Å². The third kappa shape index (κ3) is 2.66. The molecule has 0 aliphatic carbocycles. The van der Waals surface area contributed by atoms with Gasteiger partial charge in [0.25, 0.3) is 5.69 Å². The fourth-order valence-corrected chi connectivity index (χ4v) is 1.81. The van der Waals surface area contributed by atoms with Gasteiger partial charge >= 0.3 is 0 Å². The first-order valence-corrected chi connectivity index (χ1v) is 5.73. The maximum Gasteiger partial charge on any atom is 0.292 e. The largest absolute Gasteiger partial charge is 0.373 e. The number of anilines is 1. The van der Waals surface area contributed by atoms with Gasteiger partial charge in [0.05, 0.1) is 4.92 Å². The number of hydrogen-bond donors (Lipinski definition) is 1. The zero-order valence-electron chi connectivity index (χ0n) is 10.0. The number of nitro benzene ring substituents is 1. The molecule has 1 atom stereocenters. The number of hydrogen-bond acceptors (Lipinski definition) is 3. The van der Waals surface area contributed by atoms with Crippen molar-refractivity contribution < 1.29 is 4.92 Å². The van der Waals surface area contributed by atoms with E-state index in [0.29, 0.717) is 5.69 Å². The number of nitro groups is 1. The molecule has 2 rings (SSSR count). The van der Waals surface area contributed by atoms with Crippen molar-refractivity contribution in [2.75, 3.05) is 5.32 Å². The van der Waals surface area contributed by atoms with E-state index in [0.717, 1.165) is 5.56 Å². The summed E-state index contributed by atoms with van der Waals surface area (Å²) in [6.07, 6.45) is 0. The molecule has 2 aromatic carbocycles. The lowest BCUT2D eigenvalue weighted by atomic mass is 10.1. The molecule has 0 aromatic heterocycles. The summed E-state index contributed by atoms with van der Waals surface area (Å²) < 4.78 is 0. The maximum absolute atomic E-state index is 10.9. The van der Waals surface area contributed by atoms with Gasteiger partial charge in [-0.25, -0.2) is 0 Å². The topological polar surface area (TPSA) is 55.2 Å². The molecule has 18 heavy (non-hydrogen) atoms. The molecule has 0 spiro atoms. The van der Waals surface area contributed by atoms with Crippen LogP contribution < -0.4 is 5.32 Å². The highest BCUT2D eigenvalue weighted by Gasteiger charge is 2.14. The number of rotatable bonds is 4. The van der Waals surface area contributed by atoms with Crippen molar-refractivity contribution in [1.82, 2.24) is 0 Å². The molecule has 0 aliphatic heterocycles. The second-order valence-electron chi connectivity index (χ2n) is 4.05. The summed E-state index contributed by atoms with van der Waals surface area (Å²) in [6, 6.07) is 16.5. The van der Waals surface area contributed by atoms with E-state index >= 15 is 0 Å². The van der Waals surface area contributed by atoms with Crippen molar-refractivity contribution in [2.45, 2.75) is 13.0 Å². The Labute approximate surface area is 105 Å². The normalized spacial score (nSPS) is 11.8. The molecular weight excluding hydrogens is 228 g/mol. The first-order valence-electron chi connectivity index (χ1n) is 5.73. The van der Waals surface area contributed by atoms with E-state index in [9.17, 15) is 10.1 Å². The van der Waals surface area contributed by atoms with Gasteiger partial charge in [-0.05, 0) is 18.6 Å². The zero-order valence-corrected chi connectivity index (χ0v) is 10.0. The van der Waals surface area contributed by atoms with Crippen LogP contribution in [0.1, 0.15) is 18.5 Å². The van der Waals surface area contributed by atoms with E-state index in [-0.39, 0.29) is 16.7 Å². The van der Waals surface area contributed by atoms with E-state index in [1.807, 2.05) is 37.3 Å². The lowest BCUT2D eigenvalue weighted by Crippen LogP contribution is -2.08. The third-order valence-corrected chi connectivity index (χ3v) is 2.77. The number of nitrogens with zero attached hydrogens (tertiary/aromatic N) is 1. The smallest absolute Gasteiger partial charge is 0.292 e. The van der Waals surface area contributed by atoms with Gasteiger partial charge in [0.2, 0.25) is 0 Å². The SMILES string of the molecule is CC(Nc1ccccc1[N+](=O)[O-])c1ccccc1. The summed E-state index contributed by atoms with van der Waals surface area (Å²) in [5.41, 5.74) is 1.73. The minimum Gasteiger partial charge on any atom is -0.373 e. The van der Waals surface area contributed by atoms with Crippen molar-refractivity contribution in [1.29, 1.82) is 0 Å². The van der Waals surface area contributed by atoms with Crippen LogP contribution in [0.2, 0.25) is 0 Å². The van der Waals surface area contributed by atoms with Gasteiger partial charge in [-0.1, -0.05) is 42.5 Å². The maximum atomic E-state index is 10.9. The van der Waals surface area contributed by atoms with Crippen LogP contribution in [0.4, 0.5) is 11.4 Å². The Kier molecular flexibility index (Phi) is 3.57. The van der Waals surface area contributed by atoms with Crippen molar-refractivity contribution in [2.24, 2.45) is 0 Å². The summed E-state index contributed by atoms with van der Waals surface area (Å²) in [5.74, 6) is 0. The molecule has 0 bridgehead atoms. The molecule has 4 heteroatoms. The highest BCUT2D eigenvalue weighted by atomic mass is 16.6. The molecule has 0 radical (unpaired) electrons. The number of nitrogens with one attached hydrogen (secondary N) is 1. The molecule has 0 aliphatic rings. The highest BCUT2D eigenvalue weighted by Crippen LogP contribution is 2.27. The first-order chi connectivity index (χ1) is 8.68. The fourth-order valence-electron chi connectivity index (χ4n) is 1.81. The van der Waals surface area contributed by atoms with Crippen molar-refractivity contribution in [3.63, 3.8) is 0 Å². The second-order valence-corrected chi connectivity index (χ2v) is 4.05. The Morgan fingerprint density at radius 3 is 2.33 bits per heavy atom. The van der Waals surface area contributed by atoms with Crippen LogP contribution in [0.15, 0.2) is 54.6 Å². The lowest BCUT2D eigenvalue weighted by molar-refractivity contribution is -0.384. The van der Waals surface area contributed by atoms with E-state index < -0.39 is 0 Å². The molecule has 0 amide bonds. The predicted molar refractivity (Wildman–Crippen MR) is 71.6 cm³/mol. The second kappa shape index (κ2) is 5.31. The molecule has 0 fully saturated rings. The molecule has 92 valence electrons. The van der Waals surface area contributed by atoms with Crippen molar-refractivity contribution in [3.8, 4) is 0 Å². The van der Waals surface area contributed by atoms with Crippen LogP contribution in [0.3, 0.4) is 0 Å². The minimum absolute atomic E-state index is 0.0206. The number of benzene rings is 2. The summed E-state index contributed by atoms with van der Waals surface area (Å²) >= 11 is 0. The first kappa shape index (κ1) is 12.1. The Morgan fingerprint density at radius 1 is 1.06 bits per heavy atom. The molecule has 1 N–H and O–H groups in total. The van der Waals surface area contributed by atoms with Gasteiger partial charge in [-0.3, -0.25) is 10.1 Å². The van der Waals surface area contributed by atoms with Crippen molar-refractivity contribution in [3.05, 3.63) is 70.3 Å².